The van der Waals surface area contributed by atoms with Crippen LogP contribution in [-0.2, 0) is 11.2 Å². The Labute approximate surface area is 131 Å². The fourth-order valence-corrected chi connectivity index (χ4v) is 2.70. The van der Waals surface area contributed by atoms with Crippen LogP contribution in [0.1, 0.15) is 32.3 Å². The molecule has 0 bridgehead atoms. The largest absolute Gasteiger partial charge is 0.496 e. The van der Waals surface area contributed by atoms with Crippen molar-refractivity contribution in [2.24, 2.45) is 0 Å². The summed E-state index contributed by atoms with van der Waals surface area (Å²) in [7, 11) is 1.69. The molecule has 1 unspecified atom stereocenters. The molecule has 1 atom stereocenters. The van der Waals surface area contributed by atoms with E-state index >= 15 is 0 Å². The van der Waals surface area contributed by atoms with Gasteiger partial charge in [0.15, 0.2) is 0 Å². The van der Waals surface area contributed by atoms with Crippen molar-refractivity contribution >= 4 is 15.9 Å². The smallest absolute Gasteiger partial charge is 0.133 e. The van der Waals surface area contributed by atoms with Crippen molar-refractivity contribution in [3.05, 3.63) is 28.2 Å². The minimum Gasteiger partial charge on any atom is -0.496 e. The third kappa shape index (κ3) is 6.25. The van der Waals surface area contributed by atoms with E-state index in [1.54, 1.807) is 7.11 Å². The molecule has 20 heavy (non-hydrogen) atoms. The molecule has 0 spiro atoms. The van der Waals surface area contributed by atoms with Gasteiger partial charge in [0.2, 0.25) is 0 Å². The van der Waals surface area contributed by atoms with Crippen molar-refractivity contribution in [1.29, 1.82) is 0 Å². The number of hydrogen-bond acceptors (Lipinski definition) is 3. The molecule has 0 aliphatic rings. The van der Waals surface area contributed by atoms with Crippen LogP contribution in [0.5, 0.6) is 5.75 Å². The number of hydrogen-bond donors (Lipinski definition) is 1. The van der Waals surface area contributed by atoms with Gasteiger partial charge in [-0.05, 0) is 66.4 Å². The zero-order valence-electron chi connectivity index (χ0n) is 12.7. The third-order valence-corrected chi connectivity index (χ3v) is 3.82. The molecule has 0 aromatic heterocycles. The number of ether oxygens (including phenoxy) is 2. The fourth-order valence-electron chi connectivity index (χ4n) is 2.12. The zero-order valence-corrected chi connectivity index (χ0v) is 14.3. The highest BCUT2D eigenvalue weighted by Gasteiger charge is 2.10. The van der Waals surface area contributed by atoms with Gasteiger partial charge in [-0.2, -0.15) is 0 Å². The van der Waals surface area contributed by atoms with Gasteiger partial charge in [0.25, 0.3) is 0 Å². The van der Waals surface area contributed by atoms with E-state index in [1.807, 2.05) is 13.0 Å². The van der Waals surface area contributed by atoms with Crippen LogP contribution >= 0.6 is 15.9 Å². The molecule has 4 heteroatoms. The van der Waals surface area contributed by atoms with E-state index in [4.69, 9.17) is 9.47 Å². The molecule has 3 nitrogen and oxygen atoms in total. The zero-order chi connectivity index (χ0) is 14.8. The molecular weight excluding hydrogens is 318 g/mol. The molecule has 114 valence electrons. The van der Waals surface area contributed by atoms with E-state index in [-0.39, 0.29) is 0 Å². The second-order valence-electron chi connectivity index (χ2n) is 4.81. The second-order valence-corrected chi connectivity index (χ2v) is 5.66. The average molecular weight is 344 g/mol. The van der Waals surface area contributed by atoms with Crippen LogP contribution < -0.4 is 10.1 Å². The van der Waals surface area contributed by atoms with E-state index in [0.717, 1.165) is 49.2 Å². The van der Waals surface area contributed by atoms with Crippen LogP contribution in [0.2, 0.25) is 0 Å². The van der Waals surface area contributed by atoms with E-state index < -0.39 is 0 Å². The Balaban J connectivity index is 2.60. The lowest BCUT2D eigenvalue weighted by molar-refractivity contribution is 0.136. The number of rotatable bonds is 10. The van der Waals surface area contributed by atoms with Crippen molar-refractivity contribution < 1.29 is 9.47 Å². The van der Waals surface area contributed by atoms with Crippen LogP contribution in [0.25, 0.3) is 0 Å². The molecule has 1 aromatic rings. The first-order valence-electron chi connectivity index (χ1n) is 7.34. The predicted octanol–water partition coefficient (Wildman–Crippen LogP) is 3.80. The second kappa shape index (κ2) is 10.2. The topological polar surface area (TPSA) is 30.5 Å². The highest BCUT2D eigenvalue weighted by atomic mass is 79.9. The summed E-state index contributed by atoms with van der Waals surface area (Å²) in [5.41, 5.74) is 1.31. The van der Waals surface area contributed by atoms with Gasteiger partial charge >= 0.3 is 0 Å². The molecule has 0 fully saturated rings. The molecule has 0 heterocycles. The van der Waals surface area contributed by atoms with Gasteiger partial charge in [-0.3, -0.25) is 0 Å². The van der Waals surface area contributed by atoms with Crippen molar-refractivity contribution in [3.8, 4) is 5.75 Å². The molecule has 0 aliphatic heterocycles. The number of nitrogens with one attached hydrogen (secondary N) is 1. The number of halogens is 1. The Morgan fingerprint density at radius 1 is 1.30 bits per heavy atom. The summed E-state index contributed by atoms with van der Waals surface area (Å²) in [5, 5.41) is 3.60. The van der Waals surface area contributed by atoms with Gasteiger partial charge in [-0.1, -0.05) is 13.0 Å². The van der Waals surface area contributed by atoms with Crippen LogP contribution in [0.4, 0.5) is 0 Å². The van der Waals surface area contributed by atoms with E-state index in [1.165, 1.54) is 5.56 Å². The van der Waals surface area contributed by atoms with Crippen molar-refractivity contribution in [3.63, 3.8) is 0 Å². The van der Waals surface area contributed by atoms with Crippen molar-refractivity contribution in [2.45, 2.75) is 39.2 Å². The minimum atomic E-state index is 0.460. The van der Waals surface area contributed by atoms with Gasteiger partial charge in [0.1, 0.15) is 5.75 Å². The summed E-state index contributed by atoms with van der Waals surface area (Å²) in [4.78, 5) is 0. The summed E-state index contributed by atoms with van der Waals surface area (Å²) in [6.07, 6.45) is 3.20. The van der Waals surface area contributed by atoms with Crippen LogP contribution in [0, 0.1) is 0 Å². The van der Waals surface area contributed by atoms with Crippen molar-refractivity contribution in [2.75, 3.05) is 26.9 Å². The fraction of sp³-hybridized carbons (Fsp3) is 0.625. The Morgan fingerprint density at radius 3 is 2.70 bits per heavy atom. The van der Waals surface area contributed by atoms with Crippen molar-refractivity contribution in [1.82, 2.24) is 5.32 Å². The number of methoxy groups -OCH3 is 1. The van der Waals surface area contributed by atoms with Gasteiger partial charge in [-0.15, -0.1) is 0 Å². The van der Waals surface area contributed by atoms with Crippen LogP contribution in [0.15, 0.2) is 22.7 Å². The maximum Gasteiger partial charge on any atom is 0.133 e. The quantitative estimate of drug-likeness (QED) is 0.655. The molecule has 0 amide bonds. The SMILES string of the molecule is CCCNC(CCOCC)Cc1ccc(OC)c(Br)c1. The molecular formula is C16H26BrNO2. The first-order chi connectivity index (χ1) is 9.71. The highest BCUT2D eigenvalue weighted by Crippen LogP contribution is 2.26. The van der Waals surface area contributed by atoms with Gasteiger partial charge in [0, 0.05) is 19.3 Å². The maximum absolute atomic E-state index is 5.47. The molecule has 1 aromatic carbocycles. The summed E-state index contributed by atoms with van der Waals surface area (Å²) in [6.45, 7) is 6.88. The monoisotopic (exact) mass is 343 g/mol. The van der Waals surface area contributed by atoms with E-state index in [2.05, 4.69) is 40.3 Å². The predicted molar refractivity (Wildman–Crippen MR) is 87.6 cm³/mol. The lowest BCUT2D eigenvalue weighted by Crippen LogP contribution is -2.33. The summed E-state index contributed by atoms with van der Waals surface area (Å²) < 4.78 is 11.8. The number of benzene rings is 1. The van der Waals surface area contributed by atoms with Crippen LogP contribution in [0.3, 0.4) is 0 Å². The molecule has 0 saturated carbocycles. The molecule has 0 radical (unpaired) electrons. The Morgan fingerprint density at radius 2 is 2.10 bits per heavy atom. The Bertz CT molecular complexity index is 385. The molecule has 1 rings (SSSR count). The summed E-state index contributed by atoms with van der Waals surface area (Å²) in [5.74, 6) is 0.876. The average Bonchev–Trinajstić information content (AvgIpc) is 2.45. The summed E-state index contributed by atoms with van der Waals surface area (Å²) >= 11 is 3.54. The third-order valence-electron chi connectivity index (χ3n) is 3.20. The lowest BCUT2D eigenvalue weighted by atomic mass is 10.0. The van der Waals surface area contributed by atoms with E-state index in [0.29, 0.717) is 6.04 Å². The Kier molecular flexibility index (Phi) is 8.90. The minimum absolute atomic E-state index is 0.460. The van der Waals surface area contributed by atoms with Gasteiger partial charge in [-0.25, -0.2) is 0 Å². The summed E-state index contributed by atoms with van der Waals surface area (Å²) in [6, 6.07) is 6.74. The lowest BCUT2D eigenvalue weighted by Gasteiger charge is -2.19. The van der Waals surface area contributed by atoms with Crippen LogP contribution in [-0.4, -0.2) is 32.9 Å². The Hall–Kier alpha value is -0.580. The van der Waals surface area contributed by atoms with Gasteiger partial charge in [0.05, 0.1) is 11.6 Å². The standard InChI is InChI=1S/C16H26BrNO2/c1-4-9-18-14(8-10-20-5-2)11-13-6-7-16(19-3)15(17)12-13/h6-7,12,14,18H,4-5,8-11H2,1-3H3. The maximum atomic E-state index is 5.47. The molecule has 1 N–H and O–H groups in total. The molecule has 0 saturated heterocycles. The first-order valence-corrected chi connectivity index (χ1v) is 8.14. The van der Waals surface area contributed by atoms with Gasteiger partial charge < -0.3 is 14.8 Å². The van der Waals surface area contributed by atoms with E-state index in [9.17, 15) is 0 Å². The normalized spacial score (nSPS) is 12.4. The molecule has 0 aliphatic carbocycles. The highest BCUT2D eigenvalue weighted by molar-refractivity contribution is 9.10. The first kappa shape index (κ1) is 17.5.